The third-order valence-electron chi connectivity index (χ3n) is 3.45. The predicted molar refractivity (Wildman–Crippen MR) is 126 cm³/mol. The number of hydrogen-bond acceptors (Lipinski definition) is 5. The number of aliphatic imine (C=N–C) groups is 1. The van der Waals surface area contributed by atoms with Crippen LogP contribution in [0, 0.1) is 0 Å². The fourth-order valence-electron chi connectivity index (χ4n) is 2.09. The van der Waals surface area contributed by atoms with Gasteiger partial charge in [-0.25, -0.2) is 0 Å². The summed E-state index contributed by atoms with van der Waals surface area (Å²) >= 11 is 10.8. The van der Waals surface area contributed by atoms with E-state index in [1.807, 2.05) is 60.2 Å². The summed E-state index contributed by atoms with van der Waals surface area (Å²) in [5.41, 5.74) is 2.17. The molecule has 0 fully saturated rings. The zero-order valence-electron chi connectivity index (χ0n) is 15.1. The largest absolute Gasteiger partial charge is 0.356 e. The highest BCUT2D eigenvalue weighted by Gasteiger charge is 2.02. The van der Waals surface area contributed by atoms with Crippen LogP contribution in [0.4, 0.5) is 0 Å². The van der Waals surface area contributed by atoms with Crippen molar-refractivity contribution in [1.82, 2.24) is 20.6 Å². The standard InChI is InChI=1S/C18H23Br2N5S2/c1-21-18(24-8-10-26-12-16-14(19)4-2-6-22-16)25-9-11-27-13-17-15(20)5-3-7-23-17/h2-7H,8-13H2,1H3,(H2,21,24,25). The van der Waals surface area contributed by atoms with Gasteiger partial charge < -0.3 is 10.6 Å². The van der Waals surface area contributed by atoms with Gasteiger partial charge in [-0.1, -0.05) is 0 Å². The highest BCUT2D eigenvalue weighted by atomic mass is 79.9. The average Bonchev–Trinajstić information content (AvgIpc) is 2.68. The van der Waals surface area contributed by atoms with Crippen molar-refractivity contribution in [2.75, 3.05) is 31.6 Å². The summed E-state index contributed by atoms with van der Waals surface area (Å²) in [4.78, 5) is 13.0. The Kier molecular flexibility index (Phi) is 11.2. The maximum atomic E-state index is 4.38. The zero-order chi connectivity index (χ0) is 19.3. The minimum absolute atomic E-state index is 0.842. The van der Waals surface area contributed by atoms with Gasteiger partial charge in [0, 0.05) is 64.5 Å². The van der Waals surface area contributed by atoms with Crippen LogP contribution in [0.3, 0.4) is 0 Å². The lowest BCUT2D eigenvalue weighted by atomic mass is 10.4. The maximum Gasteiger partial charge on any atom is 0.191 e. The van der Waals surface area contributed by atoms with E-state index in [4.69, 9.17) is 0 Å². The van der Waals surface area contributed by atoms with Crippen LogP contribution in [0.1, 0.15) is 11.4 Å². The van der Waals surface area contributed by atoms with Gasteiger partial charge in [0.1, 0.15) is 0 Å². The smallest absolute Gasteiger partial charge is 0.191 e. The number of nitrogens with one attached hydrogen (secondary N) is 2. The van der Waals surface area contributed by atoms with Crippen LogP contribution in [0.2, 0.25) is 0 Å². The SMILES string of the molecule is CN=C(NCCSCc1ncccc1Br)NCCSCc1ncccc1Br. The molecular formula is C18H23Br2N5S2. The molecule has 0 aliphatic rings. The van der Waals surface area contributed by atoms with Crippen LogP contribution < -0.4 is 10.6 Å². The molecule has 0 aliphatic heterocycles. The number of hydrogen-bond donors (Lipinski definition) is 2. The molecule has 2 rings (SSSR count). The first kappa shape index (κ1) is 22.5. The first-order chi connectivity index (χ1) is 13.2. The van der Waals surface area contributed by atoms with Crippen molar-refractivity contribution in [3.63, 3.8) is 0 Å². The molecule has 0 aromatic carbocycles. The van der Waals surface area contributed by atoms with Gasteiger partial charge in [-0.05, 0) is 56.1 Å². The highest BCUT2D eigenvalue weighted by Crippen LogP contribution is 2.19. The fraction of sp³-hybridized carbons (Fsp3) is 0.389. The molecule has 5 nitrogen and oxygen atoms in total. The van der Waals surface area contributed by atoms with Gasteiger partial charge in [0.25, 0.3) is 0 Å². The third-order valence-corrected chi connectivity index (χ3v) is 6.83. The van der Waals surface area contributed by atoms with Crippen molar-refractivity contribution in [1.29, 1.82) is 0 Å². The Morgan fingerprint density at radius 3 is 1.81 bits per heavy atom. The Morgan fingerprint density at radius 2 is 1.41 bits per heavy atom. The second kappa shape index (κ2) is 13.4. The Bertz CT molecular complexity index is 673. The normalized spacial score (nSPS) is 10.5. The minimum Gasteiger partial charge on any atom is -0.356 e. The van der Waals surface area contributed by atoms with E-state index in [-0.39, 0.29) is 0 Å². The van der Waals surface area contributed by atoms with Gasteiger partial charge >= 0.3 is 0 Å². The molecule has 0 saturated carbocycles. The van der Waals surface area contributed by atoms with E-state index in [0.717, 1.165) is 62.4 Å². The molecule has 0 amide bonds. The Hall–Kier alpha value is -0.770. The van der Waals surface area contributed by atoms with Gasteiger partial charge in [-0.15, -0.1) is 0 Å². The van der Waals surface area contributed by atoms with Gasteiger partial charge in [0.2, 0.25) is 0 Å². The molecule has 0 atom stereocenters. The summed E-state index contributed by atoms with van der Waals surface area (Å²) in [6.07, 6.45) is 3.66. The van der Waals surface area contributed by atoms with Crippen molar-refractivity contribution in [2.45, 2.75) is 11.5 Å². The van der Waals surface area contributed by atoms with Crippen LogP contribution in [-0.4, -0.2) is 47.6 Å². The Morgan fingerprint density at radius 1 is 0.926 bits per heavy atom. The summed E-state index contributed by atoms with van der Waals surface area (Å²) in [7, 11) is 1.80. The molecule has 2 aromatic rings. The van der Waals surface area contributed by atoms with Gasteiger partial charge in [-0.3, -0.25) is 15.0 Å². The molecule has 0 radical (unpaired) electrons. The first-order valence-corrected chi connectivity index (χ1v) is 12.4. The van der Waals surface area contributed by atoms with Crippen molar-refractivity contribution in [3.05, 3.63) is 57.0 Å². The summed E-state index contributed by atoms with van der Waals surface area (Å²) in [6, 6.07) is 7.92. The summed E-state index contributed by atoms with van der Waals surface area (Å²) in [6.45, 7) is 1.73. The minimum atomic E-state index is 0.842. The number of nitrogens with zero attached hydrogens (tertiary/aromatic N) is 3. The number of halogens is 2. The topological polar surface area (TPSA) is 62.2 Å². The molecule has 0 bridgehead atoms. The van der Waals surface area contributed by atoms with E-state index in [0.29, 0.717) is 0 Å². The maximum absolute atomic E-state index is 4.38. The molecule has 27 heavy (non-hydrogen) atoms. The number of guanidine groups is 1. The third kappa shape index (κ3) is 8.85. The molecule has 9 heteroatoms. The number of thioether (sulfide) groups is 2. The van der Waals surface area contributed by atoms with E-state index in [1.54, 1.807) is 7.05 Å². The van der Waals surface area contributed by atoms with E-state index < -0.39 is 0 Å². The molecule has 0 saturated heterocycles. The zero-order valence-corrected chi connectivity index (χ0v) is 19.9. The second-order valence-corrected chi connectivity index (χ2v) is 9.31. The van der Waals surface area contributed by atoms with Gasteiger partial charge in [-0.2, -0.15) is 23.5 Å². The van der Waals surface area contributed by atoms with Gasteiger partial charge in [0.05, 0.1) is 11.4 Å². The van der Waals surface area contributed by atoms with E-state index >= 15 is 0 Å². The summed E-state index contributed by atoms with van der Waals surface area (Å²) in [5, 5.41) is 6.69. The lowest BCUT2D eigenvalue weighted by Gasteiger charge is -2.11. The molecule has 0 unspecified atom stereocenters. The molecule has 2 aromatic heterocycles. The Balaban J connectivity index is 1.54. The number of aromatic nitrogens is 2. The quantitative estimate of drug-likeness (QED) is 0.270. The highest BCUT2D eigenvalue weighted by molar-refractivity contribution is 9.10. The molecular weight excluding hydrogens is 510 g/mol. The lowest BCUT2D eigenvalue weighted by Crippen LogP contribution is -2.39. The fourth-order valence-corrected chi connectivity index (χ4v) is 4.88. The van der Waals surface area contributed by atoms with E-state index in [2.05, 4.69) is 57.5 Å². The summed E-state index contributed by atoms with van der Waals surface area (Å²) < 4.78 is 2.14. The van der Waals surface area contributed by atoms with Crippen LogP contribution in [-0.2, 0) is 11.5 Å². The van der Waals surface area contributed by atoms with Crippen molar-refractivity contribution < 1.29 is 0 Å². The monoisotopic (exact) mass is 531 g/mol. The molecule has 2 heterocycles. The van der Waals surface area contributed by atoms with Crippen LogP contribution in [0.25, 0.3) is 0 Å². The van der Waals surface area contributed by atoms with Gasteiger partial charge in [0.15, 0.2) is 5.96 Å². The average molecular weight is 533 g/mol. The molecule has 0 spiro atoms. The molecule has 146 valence electrons. The predicted octanol–water partition coefficient (Wildman–Crippen LogP) is 4.33. The van der Waals surface area contributed by atoms with Crippen LogP contribution in [0.5, 0.6) is 0 Å². The first-order valence-electron chi connectivity index (χ1n) is 8.49. The Labute approximate surface area is 186 Å². The van der Waals surface area contributed by atoms with Crippen LogP contribution in [0.15, 0.2) is 50.6 Å². The molecule has 0 aliphatic carbocycles. The van der Waals surface area contributed by atoms with Crippen molar-refractivity contribution in [2.24, 2.45) is 4.99 Å². The second-order valence-electron chi connectivity index (χ2n) is 5.39. The number of pyridine rings is 2. The van der Waals surface area contributed by atoms with Crippen molar-refractivity contribution >= 4 is 61.3 Å². The van der Waals surface area contributed by atoms with Crippen molar-refractivity contribution in [3.8, 4) is 0 Å². The molecule has 2 N–H and O–H groups in total. The number of rotatable bonds is 10. The van der Waals surface area contributed by atoms with Crippen LogP contribution >= 0.6 is 55.4 Å². The lowest BCUT2D eigenvalue weighted by molar-refractivity contribution is 0.863. The van der Waals surface area contributed by atoms with E-state index in [9.17, 15) is 0 Å². The van der Waals surface area contributed by atoms with E-state index in [1.165, 1.54) is 0 Å². The summed E-state index contributed by atoms with van der Waals surface area (Å²) in [5.74, 6) is 4.62.